The first kappa shape index (κ1) is 17.5. The number of halogens is 1. The predicted molar refractivity (Wildman–Crippen MR) is 105 cm³/mol. The van der Waals surface area contributed by atoms with Crippen LogP contribution in [0.5, 0.6) is 11.5 Å². The van der Waals surface area contributed by atoms with Gasteiger partial charge in [-0.25, -0.2) is 0 Å². The monoisotopic (exact) mass is 389 g/mol. The fraction of sp³-hybridized carbons (Fsp3) is 0.368. The highest BCUT2D eigenvalue weighted by Gasteiger charge is 2.43. The molecule has 0 aliphatic carbocycles. The summed E-state index contributed by atoms with van der Waals surface area (Å²) in [4.78, 5) is 11.8. The van der Waals surface area contributed by atoms with Gasteiger partial charge < -0.3 is 14.7 Å². The first-order chi connectivity index (χ1) is 12.6. The molecule has 1 saturated heterocycles. The number of benzene rings is 1. The Kier molecular flexibility index (Phi) is 4.71. The molecular weight excluding hydrogens is 370 g/mol. The zero-order valence-corrected chi connectivity index (χ0v) is 16.2. The van der Waals surface area contributed by atoms with Gasteiger partial charge in [-0.15, -0.1) is 0 Å². The maximum atomic E-state index is 10.2. The van der Waals surface area contributed by atoms with Crippen molar-refractivity contribution in [2.75, 3.05) is 13.2 Å². The van der Waals surface area contributed by atoms with Crippen molar-refractivity contribution in [1.82, 2.24) is 9.88 Å². The Bertz CT molecular complexity index is 846. The summed E-state index contributed by atoms with van der Waals surface area (Å²) in [5.41, 5.74) is 1.90. The molecule has 1 fully saturated rings. The minimum atomic E-state index is -0.110. The van der Waals surface area contributed by atoms with E-state index in [1.165, 1.54) is 0 Å². The van der Waals surface area contributed by atoms with E-state index in [2.05, 4.69) is 16.8 Å². The van der Waals surface area contributed by atoms with Crippen LogP contribution in [0.2, 0.25) is 5.02 Å². The molecule has 3 heterocycles. The van der Waals surface area contributed by atoms with Gasteiger partial charge in [0.05, 0.1) is 23.4 Å². The van der Waals surface area contributed by atoms with Crippen molar-refractivity contribution in [1.29, 1.82) is 0 Å². The van der Waals surface area contributed by atoms with E-state index in [0.29, 0.717) is 22.6 Å². The van der Waals surface area contributed by atoms with Crippen molar-refractivity contribution in [3.05, 3.63) is 52.8 Å². The fourth-order valence-electron chi connectivity index (χ4n) is 3.51. The number of aliphatic imine (C=N–C) groups is 1. The Morgan fingerprint density at radius 3 is 2.96 bits per heavy atom. The third-order valence-corrected chi connectivity index (χ3v) is 5.96. The molecule has 0 amide bonds. The quantitative estimate of drug-likeness (QED) is 0.838. The lowest BCUT2D eigenvalue weighted by molar-refractivity contribution is 0.306. The van der Waals surface area contributed by atoms with Gasteiger partial charge in [-0.05, 0) is 36.8 Å². The van der Waals surface area contributed by atoms with Crippen LogP contribution in [0.3, 0.4) is 0 Å². The number of amidine groups is 1. The molecule has 26 heavy (non-hydrogen) atoms. The summed E-state index contributed by atoms with van der Waals surface area (Å²) < 4.78 is 5.58. The first-order valence-corrected chi connectivity index (χ1v) is 9.91. The van der Waals surface area contributed by atoms with Crippen LogP contribution in [-0.2, 0) is 0 Å². The van der Waals surface area contributed by atoms with Crippen LogP contribution in [-0.4, -0.2) is 38.6 Å². The van der Waals surface area contributed by atoms with E-state index >= 15 is 0 Å². The topological polar surface area (TPSA) is 58.0 Å². The number of thioether (sulfide) groups is 1. The number of hydrogen-bond acceptors (Lipinski definition) is 6. The lowest BCUT2D eigenvalue weighted by Crippen LogP contribution is -2.28. The molecule has 1 aromatic heterocycles. The van der Waals surface area contributed by atoms with Gasteiger partial charge in [0.2, 0.25) is 0 Å². The second-order valence-electron chi connectivity index (χ2n) is 6.42. The van der Waals surface area contributed by atoms with Crippen molar-refractivity contribution >= 4 is 28.5 Å². The Labute approximate surface area is 162 Å². The van der Waals surface area contributed by atoms with E-state index in [1.54, 1.807) is 18.0 Å². The molecule has 136 valence electrons. The summed E-state index contributed by atoms with van der Waals surface area (Å²) in [7, 11) is 0. The molecular formula is C19H20ClN3O2S. The number of aromatic hydroxyl groups is 1. The first-order valence-electron chi connectivity index (χ1n) is 8.65. The highest BCUT2D eigenvalue weighted by atomic mass is 35.5. The van der Waals surface area contributed by atoms with E-state index in [-0.39, 0.29) is 17.8 Å². The number of rotatable bonds is 4. The van der Waals surface area contributed by atoms with Crippen LogP contribution < -0.4 is 4.74 Å². The van der Waals surface area contributed by atoms with Gasteiger partial charge in [-0.3, -0.25) is 9.98 Å². The van der Waals surface area contributed by atoms with Gasteiger partial charge >= 0.3 is 0 Å². The number of aromatic nitrogens is 1. The van der Waals surface area contributed by atoms with E-state index in [0.717, 1.165) is 23.0 Å². The highest BCUT2D eigenvalue weighted by Crippen LogP contribution is 2.49. The molecule has 7 heteroatoms. The normalized spacial score (nSPS) is 24.5. The van der Waals surface area contributed by atoms with Crippen molar-refractivity contribution in [3.8, 4) is 11.5 Å². The zero-order chi connectivity index (χ0) is 18.3. The molecule has 5 nitrogen and oxygen atoms in total. The molecule has 0 saturated carbocycles. The molecule has 3 atom stereocenters. The van der Waals surface area contributed by atoms with Gasteiger partial charge in [-0.2, -0.15) is 0 Å². The average Bonchev–Trinajstić information content (AvgIpc) is 3.15. The van der Waals surface area contributed by atoms with Crippen LogP contribution in [0.25, 0.3) is 0 Å². The van der Waals surface area contributed by atoms with Crippen LogP contribution >= 0.6 is 23.4 Å². The fourth-order valence-corrected chi connectivity index (χ4v) is 4.82. The molecule has 1 aromatic carbocycles. The Morgan fingerprint density at radius 2 is 2.23 bits per heavy atom. The second-order valence-corrected chi connectivity index (χ2v) is 8.23. The maximum Gasteiger partial charge on any atom is 0.176 e. The van der Waals surface area contributed by atoms with Crippen molar-refractivity contribution in [2.24, 2.45) is 4.99 Å². The molecule has 2 aliphatic rings. The zero-order valence-electron chi connectivity index (χ0n) is 14.6. The minimum Gasteiger partial charge on any atom is -0.503 e. The maximum absolute atomic E-state index is 10.2. The Hall–Kier alpha value is -1.92. The largest absolute Gasteiger partial charge is 0.503 e. The summed E-state index contributed by atoms with van der Waals surface area (Å²) in [6.07, 6.45) is 1.79. The number of ether oxygens (including phenoxy) is 1. The van der Waals surface area contributed by atoms with Crippen molar-refractivity contribution in [2.45, 2.75) is 31.2 Å². The second kappa shape index (κ2) is 7.00. The minimum absolute atomic E-state index is 0.0186. The molecule has 0 bridgehead atoms. The third-order valence-electron chi connectivity index (χ3n) is 4.57. The van der Waals surface area contributed by atoms with Crippen LogP contribution in [0.1, 0.15) is 37.2 Å². The summed E-state index contributed by atoms with van der Waals surface area (Å²) in [6, 6.07) is 9.45. The SMILES string of the molecule is CCOc1cc([C@@H]2[C@H](c3ccccn3)N=C3S[C@@H](C)CN32)cc(Cl)c1O. The molecule has 1 N–H and O–H groups in total. The third kappa shape index (κ3) is 3.01. The number of phenolic OH excluding ortho intramolecular Hbond substituents is 1. The van der Waals surface area contributed by atoms with Crippen LogP contribution in [0.4, 0.5) is 0 Å². The van der Waals surface area contributed by atoms with E-state index in [1.807, 2.05) is 37.3 Å². The molecule has 4 rings (SSSR count). The van der Waals surface area contributed by atoms with E-state index in [4.69, 9.17) is 21.3 Å². The average molecular weight is 390 g/mol. The molecule has 0 unspecified atom stereocenters. The van der Waals surface area contributed by atoms with Gasteiger partial charge in [-0.1, -0.05) is 36.4 Å². The number of pyridine rings is 1. The number of nitrogens with zero attached hydrogens (tertiary/aromatic N) is 3. The molecule has 2 aliphatic heterocycles. The highest BCUT2D eigenvalue weighted by molar-refractivity contribution is 8.14. The van der Waals surface area contributed by atoms with Crippen LogP contribution in [0.15, 0.2) is 41.5 Å². The summed E-state index contributed by atoms with van der Waals surface area (Å²) in [5, 5.41) is 12.0. The Morgan fingerprint density at radius 1 is 1.38 bits per heavy atom. The number of fused-ring (bicyclic) bond motifs is 1. The lowest BCUT2D eigenvalue weighted by atomic mass is 9.96. The van der Waals surface area contributed by atoms with Crippen LogP contribution in [0, 0.1) is 0 Å². The predicted octanol–water partition coefficient (Wildman–Crippen LogP) is 4.43. The summed E-state index contributed by atoms with van der Waals surface area (Å²) in [6.45, 7) is 5.46. The molecule has 2 aromatic rings. The molecule has 0 radical (unpaired) electrons. The standard InChI is InChI=1S/C19H20ClN3O2S/c1-3-25-15-9-12(8-13(20)18(15)24)17-16(14-6-4-5-7-21-14)22-19-23(17)10-11(2)26-19/h4-9,11,16-17,24H,3,10H2,1-2H3/t11-,16-,17+/m0/s1. The molecule has 0 spiro atoms. The van der Waals surface area contributed by atoms with Crippen molar-refractivity contribution < 1.29 is 9.84 Å². The lowest BCUT2D eigenvalue weighted by Gasteiger charge is -2.28. The smallest absolute Gasteiger partial charge is 0.176 e. The number of phenols is 1. The Balaban J connectivity index is 1.80. The van der Waals surface area contributed by atoms with E-state index < -0.39 is 0 Å². The van der Waals surface area contributed by atoms with Crippen molar-refractivity contribution in [3.63, 3.8) is 0 Å². The van der Waals surface area contributed by atoms with Gasteiger partial charge in [0, 0.05) is 18.0 Å². The number of hydrogen-bond donors (Lipinski definition) is 1. The van der Waals surface area contributed by atoms with Gasteiger partial charge in [0.25, 0.3) is 0 Å². The summed E-state index contributed by atoms with van der Waals surface area (Å²) >= 11 is 8.08. The van der Waals surface area contributed by atoms with E-state index in [9.17, 15) is 5.11 Å². The summed E-state index contributed by atoms with van der Waals surface area (Å²) in [5.74, 6) is 0.387. The van der Waals surface area contributed by atoms with Gasteiger partial charge in [0.1, 0.15) is 6.04 Å². The van der Waals surface area contributed by atoms with Gasteiger partial charge in [0.15, 0.2) is 16.7 Å².